The zero-order valence-electron chi connectivity index (χ0n) is 10.6. The van der Waals surface area contributed by atoms with Crippen molar-refractivity contribution in [2.45, 2.75) is 34.6 Å². The Morgan fingerprint density at radius 3 is 1.60 bits per heavy atom. The van der Waals surface area contributed by atoms with Gasteiger partial charge >= 0.3 is 8.80 Å². The molecule has 0 amide bonds. The van der Waals surface area contributed by atoms with Gasteiger partial charge in [-0.3, -0.25) is 0 Å². The average molecular weight is 232 g/mol. The molecule has 4 heteroatoms. The van der Waals surface area contributed by atoms with E-state index in [0.717, 1.165) is 0 Å². The van der Waals surface area contributed by atoms with Crippen molar-refractivity contribution in [1.82, 2.24) is 0 Å². The predicted molar refractivity (Wildman–Crippen MR) is 64.6 cm³/mol. The van der Waals surface area contributed by atoms with Crippen LogP contribution in [0.1, 0.15) is 34.6 Å². The van der Waals surface area contributed by atoms with Gasteiger partial charge in [-0.1, -0.05) is 19.9 Å². The summed E-state index contributed by atoms with van der Waals surface area (Å²) in [4.78, 5) is 0. The molecule has 90 valence electrons. The Hall–Kier alpha value is -0.163. The molecular weight excluding hydrogens is 208 g/mol. The fourth-order valence-corrected chi connectivity index (χ4v) is 3.55. The molecule has 0 radical (unpaired) electrons. The summed E-state index contributed by atoms with van der Waals surface area (Å²) >= 11 is 0. The molecule has 15 heavy (non-hydrogen) atoms. The minimum atomic E-state index is -2.54. The van der Waals surface area contributed by atoms with Gasteiger partial charge in [-0.05, 0) is 32.4 Å². The zero-order valence-corrected chi connectivity index (χ0v) is 11.6. The lowest BCUT2D eigenvalue weighted by Crippen LogP contribution is -2.44. The normalized spacial score (nSPS) is 12.9. The molecule has 0 aliphatic heterocycles. The number of hydrogen-bond acceptors (Lipinski definition) is 3. The fourth-order valence-electron chi connectivity index (χ4n) is 1.18. The summed E-state index contributed by atoms with van der Waals surface area (Å²) in [6.45, 7) is 12.0. The number of allylic oxidation sites excluding steroid dienone is 1. The van der Waals surface area contributed by atoms with Crippen LogP contribution < -0.4 is 0 Å². The van der Waals surface area contributed by atoms with Gasteiger partial charge in [0.15, 0.2) is 0 Å². The van der Waals surface area contributed by atoms with Crippen molar-refractivity contribution >= 4 is 8.80 Å². The fraction of sp³-hybridized carbons (Fsp3) is 0.818. The van der Waals surface area contributed by atoms with E-state index in [-0.39, 0.29) is 0 Å². The van der Waals surface area contributed by atoms with E-state index in [9.17, 15) is 0 Å². The lowest BCUT2D eigenvalue weighted by Gasteiger charge is -2.25. The van der Waals surface area contributed by atoms with Crippen LogP contribution in [0.2, 0.25) is 0 Å². The van der Waals surface area contributed by atoms with E-state index in [2.05, 4.69) is 19.9 Å². The standard InChI is InChI=1S/C11H24O3Si/c1-6-12-15(13-7-2,14-8-3)10-9-11(4)5/h9-11H,6-8H2,1-5H3. The minimum absolute atomic E-state index is 0.484. The summed E-state index contributed by atoms with van der Waals surface area (Å²) in [7, 11) is -2.54. The molecule has 0 aromatic carbocycles. The maximum atomic E-state index is 5.67. The van der Waals surface area contributed by atoms with Gasteiger partial charge in [0.2, 0.25) is 0 Å². The topological polar surface area (TPSA) is 27.7 Å². The van der Waals surface area contributed by atoms with Crippen LogP contribution in [0.25, 0.3) is 0 Å². The van der Waals surface area contributed by atoms with E-state index in [4.69, 9.17) is 13.3 Å². The monoisotopic (exact) mass is 232 g/mol. The molecule has 0 atom stereocenters. The lowest BCUT2D eigenvalue weighted by molar-refractivity contribution is 0.0841. The van der Waals surface area contributed by atoms with E-state index in [1.54, 1.807) is 0 Å². The third-order valence-electron chi connectivity index (χ3n) is 1.72. The third kappa shape index (κ3) is 6.09. The van der Waals surface area contributed by atoms with Gasteiger partial charge < -0.3 is 13.3 Å². The van der Waals surface area contributed by atoms with E-state index in [1.165, 1.54) is 0 Å². The molecule has 0 aromatic rings. The summed E-state index contributed by atoms with van der Waals surface area (Å²) < 4.78 is 17.0. The first-order valence-corrected chi connectivity index (χ1v) is 7.51. The highest BCUT2D eigenvalue weighted by Crippen LogP contribution is 2.13. The summed E-state index contributed by atoms with van der Waals surface area (Å²) in [6, 6.07) is 0. The van der Waals surface area contributed by atoms with Crippen LogP contribution in [-0.4, -0.2) is 28.6 Å². The summed E-state index contributed by atoms with van der Waals surface area (Å²) in [5.74, 6) is 0.484. The van der Waals surface area contributed by atoms with Crippen LogP contribution >= 0.6 is 0 Å². The van der Waals surface area contributed by atoms with Gasteiger partial charge in [-0.2, -0.15) is 0 Å². The predicted octanol–water partition coefficient (Wildman–Crippen LogP) is 2.79. The molecule has 0 fully saturated rings. The second kappa shape index (κ2) is 8.04. The molecule has 3 nitrogen and oxygen atoms in total. The summed E-state index contributed by atoms with van der Waals surface area (Å²) in [5, 5.41) is 0. The van der Waals surface area contributed by atoms with Gasteiger partial charge in [-0.15, -0.1) is 0 Å². The van der Waals surface area contributed by atoms with Crippen LogP contribution in [0.5, 0.6) is 0 Å². The molecule has 0 aromatic heterocycles. The van der Waals surface area contributed by atoms with Gasteiger partial charge in [0.1, 0.15) is 0 Å². The van der Waals surface area contributed by atoms with Crippen molar-refractivity contribution < 1.29 is 13.3 Å². The molecule has 0 spiro atoms. The number of hydrogen-bond donors (Lipinski definition) is 0. The van der Waals surface area contributed by atoms with Crippen molar-refractivity contribution in [2.24, 2.45) is 5.92 Å². The largest absolute Gasteiger partial charge is 0.529 e. The molecule has 0 N–H and O–H groups in total. The highest BCUT2D eigenvalue weighted by Gasteiger charge is 2.37. The van der Waals surface area contributed by atoms with Crippen molar-refractivity contribution in [3.63, 3.8) is 0 Å². The highest BCUT2D eigenvalue weighted by molar-refractivity contribution is 6.66. The van der Waals surface area contributed by atoms with Crippen molar-refractivity contribution in [2.75, 3.05) is 19.8 Å². The molecule has 0 saturated heterocycles. The van der Waals surface area contributed by atoms with Gasteiger partial charge in [-0.25, -0.2) is 0 Å². The van der Waals surface area contributed by atoms with Gasteiger partial charge in [0, 0.05) is 19.8 Å². The Bertz CT molecular complexity index is 164. The lowest BCUT2D eigenvalue weighted by atomic mass is 10.2. The van der Waals surface area contributed by atoms with Gasteiger partial charge in [0.05, 0.1) is 0 Å². The Kier molecular flexibility index (Phi) is 7.96. The van der Waals surface area contributed by atoms with Crippen molar-refractivity contribution in [3.8, 4) is 0 Å². The minimum Gasteiger partial charge on any atom is -0.371 e. The van der Waals surface area contributed by atoms with Crippen molar-refractivity contribution in [3.05, 3.63) is 11.8 Å². The van der Waals surface area contributed by atoms with E-state index in [0.29, 0.717) is 25.7 Å². The molecule has 0 saturated carbocycles. The average Bonchev–Trinajstić information content (AvgIpc) is 2.16. The Labute approximate surface area is 94.8 Å². The van der Waals surface area contributed by atoms with E-state index in [1.807, 2.05) is 26.5 Å². The van der Waals surface area contributed by atoms with Crippen LogP contribution in [0, 0.1) is 5.92 Å². The van der Waals surface area contributed by atoms with Crippen LogP contribution in [0.3, 0.4) is 0 Å². The van der Waals surface area contributed by atoms with Crippen LogP contribution in [0.4, 0.5) is 0 Å². The first-order chi connectivity index (χ1) is 7.10. The number of rotatable bonds is 8. The SMILES string of the molecule is CCO[Si](C=CC(C)C)(OCC)OCC. The van der Waals surface area contributed by atoms with Crippen molar-refractivity contribution in [1.29, 1.82) is 0 Å². The molecule has 0 aliphatic rings. The summed E-state index contributed by atoms with van der Waals surface area (Å²) in [5.41, 5.74) is 1.99. The summed E-state index contributed by atoms with van der Waals surface area (Å²) in [6.07, 6.45) is 2.09. The molecule has 0 unspecified atom stereocenters. The zero-order chi connectivity index (χ0) is 11.7. The smallest absolute Gasteiger partial charge is 0.371 e. The molecular formula is C11H24O3Si. The highest BCUT2D eigenvalue weighted by atomic mass is 28.4. The molecule has 0 aliphatic carbocycles. The third-order valence-corrected chi connectivity index (χ3v) is 4.40. The Morgan fingerprint density at radius 1 is 0.933 bits per heavy atom. The van der Waals surface area contributed by atoms with Crippen LogP contribution in [-0.2, 0) is 13.3 Å². The Balaban J connectivity index is 4.59. The first-order valence-electron chi connectivity index (χ1n) is 5.71. The molecule has 0 heterocycles. The maximum absolute atomic E-state index is 5.67. The quantitative estimate of drug-likeness (QED) is 0.602. The van der Waals surface area contributed by atoms with Crippen LogP contribution in [0.15, 0.2) is 11.8 Å². The second-order valence-electron chi connectivity index (χ2n) is 3.51. The van der Waals surface area contributed by atoms with Gasteiger partial charge in [0.25, 0.3) is 0 Å². The Morgan fingerprint density at radius 2 is 1.33 bits per heavy atom. The first kappa shape index (κ1) is 14.8. The molecule has 0 rings (SSSR count). The maximum Gasteiger partial charge on any atom is 0.529 e. The molecule has 0 bridgehead atoms. The van der Waals surface area contributed by atoms with E-state index < -0.39 is 8.80 Å². The second-order valence-corrected chi connectivity index (χ2v) is 5.91. The van der Waals surface area contributed by atoms with E-state index >= 15 is 0 Å².